The first-order valence-corrected chi connectivity index (χ1v) is 7.15. The average molecular weight is 302 g/mol. The first-order chi connectivity index (χ1) is 9.95. The van der Waals surface area contributed by atoms with Crippen molar-refractivity contribution in [3.05, 3.63) is 45.6 Å². The molecule has 0 aliphatic carbocycles. The monoisotopic (exact) mass is 302 g/mol. The lowest BCUT2D eigenvalue weighted by molar-refractivity contribution is -0.116. The van der Waals surface area contributed by atoms with Gasteiger partial charge in [-0.25, -0.2) is 9.97 Å². The molecule has 2 heterocycles. The van der Waals surface area contributed by atoms with Gasteiger partial charge in [0.2, 0.25) is 5.91 Å². The maximum atomic E-state index is 12.0. The summed E-state index contributed by atoms with van der Waals surface area (Å²) in [6, 6.07) is 3.73. The van der Waals surface area contributed by atoms with Gasteiger partial charge in [0, 0.05) is 24.0 Å². The fourth-order valence-electron chi connectivity index (χ4n) is 2.17. The van der Waals surface area contributed by atoms with Crippen LogP contribution in [0.4, 0.5) is 5.82 Å². The lowest BCUT2D eigenvalue weighted by atomic mass is 10.1. The Morgan fingerprint density at radius 3 is 2.81 bits per heavy atom. The van der Waals surface area contributed by atoms with E-state index in [1.807, 2.05) is 32.9 Å². The summed E-state index contributed by atoms with van der Waals surface area (Å²) in [5.41, 5.74) is 3.94. The quantitative estimate of drug-likeness (QED) is 0.852. The van der Waals surface area contributed by atoms with Crippen LogP contribution in [0, 0.1) is 25.5 Å². The molecule has 0 aliphatic heterocycles. The highest BCUT2D eigenvalue weighted by Gasteiger charge is 2.09. The van der Waals surface area contributed by atoms with Crippen molar-refractivity contribution >= 4 is 23.9 Å². The van der Waals surface area contributed by atoms with Crippen molar-refractivity contribution in [2.45, 2.75) is 33.6 Å². The number of hydrogen-bond donors (Lipinski definition) is 2. The van der Waals surface area contributed by atoms with Gasteiger partial charge >= 0.3 is 0 Å². The molecule has 2 aromatic heterocycles. The molecule has 0 spiro atoms. The van der Waals surface area contributed by atoms with Crippen molar-refractivity contribution in [2.24, 2.45) is 0 Å². The van der Waals surface area contributed by atoms with Gasteiger partial charge in [-0.3, -0.25) is 4.79 Å². The highest BCUT2D eigenvalue weighted by Crippen LogP contribution is 2.12. The third-order valence-electron chi connectivity index (χ3n) is 3.24. The van der Waals surface area contributed by atoms with Gasteiger partial charge in [0.05, 0.1) is 0 Å². The molecule has 0 unspecified atom stereocenters. The average Bonchev–Trinajstić information content (AvgIpc) is 2.37. The van der Waals surface area contributed by atoms with Crippen molar-refractivity contribution in [3.63, 3.8) is 0 Å². The molecule has 110 valence electrons. The largest absolute Gasteiger partial charge is 0.335 e. The smallest absolute Gasteiger partial charge is 0.225 e. The molecule has 0 bridgehead atoms. The van der Waals surface area contributed by atoms with Gasteiger partial charge in [-0.1, -0.05) is 0 Å². The van der Waals surface area contributed by atoms with Crippen molar-refractivity contribution in [1.82, 2.24) is 15.0 Å². The molecule has 0 fully saturated rings. The summed E-state index contributed by atoms with van der Waals surface area (Å²) in [5.74, 6) is 0.522. The normalized spacial score (nSPS) is 10.4. The second kappa shape index (κ2) is 6.58. The molecule has 2 N–H and O–H groups in total. The Bertz CT molecular complexity index is 698. The number of aromatic nitrogens is 3. The molecule has 0 saturated carbocycles. The van der Waals surface area contributed by atoms with Crippen LogP contribution >= 0.6 is 12.2 Å². The van der Waals surface area contributed by atoms with Crippen LogP contribution in [0.1, 0.15) is 28.9 Å². The third kappa shape index (κ3) is 4.19. The summed E-state index contributed by atoms with van der Waals surface area (Å²) in [4.78, 5) is 23.3. The molecule has 1 amide bonds. The number of aryl methyl sites for hydroxylation is 3. The Labute approximate surface area is 128 Å². The summed E-state index contributed by atoms with van der Waals surface area (Å²) < 4.78 is 0.474. The van der Waals surface area contributed by atoms with E-state index in [0.29, 0.717) is 23.4 Å². The molecule has 0 atom stereocenters. The van der Waals surface area contributed by atoms with Crippen LogP contribution in [0.2, 0.25) is 0 Å². The molecule has 0 aliphatic rings. The summed E-state index contributed by atoms with van der Waals surface area (Å²) in [5, 5.41) is 2.80. The second-order valence-electron chi connectivity index (χ2n) is 5.00. The van der Waals surface area contributed by atoms with E-state index in [4.69, 9.17) is 12.2 Å². The number of amides is 1. The van der Waals surface area contributed by atoms with E-state index in [1.165, 1.54) is 0 Å². The lowest BCUT2D eigenvalue weighted by Gasteiger charge is -2.09. The molecule has 0 saturated heterocycles. The molecule has 5 nitrogen and oxygen atoms in total. The molecular formula is C15H18N4OS. The fraction of sp³-hybridized carbons (Fsp3) is 0.333. The minimum Gasteiger partial charge on any atom is -0.335 e. The topological polar surface area (TPSA) is 70.7 Å². The van der Waals surface area contributed by atoms with E-state index in [2.05, 4.69) is 20.3 Å². The Kier molecular flexibility index (Phi) is 4.80. The third-order valence-corrected chi connectivity index (χ3v) is 3.43. The molecule has 0 radical (unpaired) electrons. The van der Waals surface area contributed by atoms with Crippen LogP contribution < -0.4 is 5.32 Å². The molecule has 0 aromatic carbocycles. The number of rotatable bonds is 4. The van der Waals surface area contributed by atoms with Crippen LogP contribution in [-0.4, -0.2) is 20.9 Å². The zero-order valence-electron chi connectivity index (χ0n) is 12.4. The Morgan fingerprint density at radius 1 is 1.38 bits per heavy atom. The highest BCUT2D eigenvalue weighted by molar-refractivity contribution is 7.71. The molecular weight excluding hydrogens is 284 g/mol. The highest BCUT2D eigenvalue weighted by atomic mass is 32.1. The van der Waals surface area contributed by atoms with Gasteiger partial charge in [0.1, 0.15) is 5.82 Å². The molecule has 6 heteroatoms. The van der Waals surface area contributed by atoms with E-state index in [9.17, 15) is 4.79 Å². The zero-order chi connectivity index (χ0) is 15.4. The fourth-order valence-corrected chi connectivity index (χ4v) is 2.46. The van der Waals surface area contributed by atoms with E-state index in [-0.39, 0.29) is 5.91 Å². The van der Waals surface area contributed by atoms with E-state index in [0.717, 1.165) is 22.5 Å². The van der Waals surface area contributed by atoms with E-state index in [1.54, 1.807) is 6.20 Å². The van der Waals surface area contributed by atoms with Crippen molar-refractivity contribution in [1.29, 1.82) is 0 Å². The predicted octanol–water partition coefficient (Wildman–Crippen LogP) is 3.03. The maximum absolute atomic E-state index is 12.0. The van der Waals surface area contributed by atoms with Gasteiger partial charge < -0.3 is 10.3 Å². The van der Waals surface area contributed by atoms with Gasteiger partial charge in [-0.2, -0.15) is 0 Å². The summed E-state index contributed by atoms with van der Waals surface area (Å²) in [7, 11) is 0. The maximum Gasteiger partial charge on any atom is 0.225 e. The van der Waals surface area contributed by atoms with Crippen LogP contribution in [-0.2, 0) is 11.2 Å². The van der Waals surface area contributed by atoms with Crippen LogP contribution in [0.25, 0.3) is 0 Å². The minimum atomic E-state index is -0.0608. The van der Waals surface area contributed by atoms with Gasteiger partial charge in [0.25, 0.3) is 0 Å². The van der Waals surface area contributed by atoms with Gasteiger partial charge in [0.15, 0.2) is 4.77 Å². The SMILES string of the molecule is Cc1ccnc(NC(=O)CCc2c(C)nc(=S)[nH]c2C)c1. The molecule has 21 heavy (non-hydrogen) atoms. The predicted molar refractivity (Wildman–Crippen MR) is 84.8 cm³/mol. The zero-order valence-corrected chi connectivity index (χ0v) is 13.2. The van der Waals surface area contributed by atoms with E-state index >= 15 is 0 Å². The van der Waals surface area contributed by atoms with E-state index < -0.39 is 0 Å². The number of nitrogens with one attached hydrogen (secondary N) is 2. The number of aromatic amines is 1. The summed E-state index contributed by atoms with van der Waals surface area (Å²) in [6.07, 6.45) is 2.68. The second-order valence-corrected chi connectivity index (χ2v) is 5.38. The summed E-state index contributed by atoms with van der Waals surface area (Å²) >= 11 is 5.03. The van der Waals surface area contributed by atoms with Crippen LogP contribution in [0.15, 0.2) is 18.3 Å². The standard InChI is InChI=1S/C15H18N4OS/c1-9-6-7-16-13(8-9)19-14(20)5-4-12-10(2)17-15(21)18-11(12)3/h6-8H,4-5H2,1-3H3,(H,16,19,20)(H,17,18,21). The minimum absolute atomic E-state index is 0.0608. The number of carbonyl (C=O) groups is 1. The number of nitrogens with zero attached hydrogens (tertiary/aromatic N) is 2. The number of H-pyrrole nitrogens is 1. The number of hydrogen-bond acceptors (Lipinski definition) is 4. The van der Waals surface area contributed by atoms with Crippen molar-refractivity contribution in [3.8, 4) is 0 Å². The van der Waals surface area contributed by atoms with Crippen molar-refractivity contribution < 1.29 is 4.79 Å². The molecule has 2 aromatic rings. The Hall–Kier alpha value is -2.08. The first kappa shape index (κ1) is 15.3. The van der Waals surface area contributed by atoms with Gasteiger partial charge in [-0.05, 0) is 62.7 Å². The first-order valence-electron chi connectivity index (χ1n) is 6.74. The lowest BCUT2D eigenvalue weighted by Crippen LogP contribution is -2.14. The molecule has 2 rings (SSSR count). The Morgan fingerprint density at radius 2 is 2.14 bits per heavy atom. The van der Waals surface area contributed by atoms with Gasteiger partial charge in [-0.15, -0.1) is 0 Å². The van der Waals surface area contributed by atoms with Crippen molar-refractivity contribution in [2.75, 3.05) is 5.32 Å². The number of pyridine rings is 1. The number of carbonyl (C=O) groups excluding carboxylic acids is 1. The van der Waals surface area contributed by atoms with Crippen LogP contribution in [0.5, 0.6) is 0 Å². The van der Waals surface area contributed by atoms with Crippen LogP contribution in [0.3, 0.4) is 0 Å². The Balaban J connectivity index is 2.00. The number of anilines is 1. The summed E-state index contributed by atoms with van der Waals surface area (Å²) in [6.45, 7) is 5.81.